The first kappa shape index (κ1) is 15.5. The van der Waals surface area contributed by atoms with Gasteiger partial charge in [0.2, 0.25) is 5.91 Å². The van der Waals surface area contributed by atoms with Gasteiger partial charge in [-0.2, -0.15) is 0 Å². The molecule has 2 atom stereocenters. The summed E-state index contributed by atoms with van der Waals surface area (Å²) in [5.41, 5.74) is 0. The first-order valence-corrected chi connectivity index (χ1v) is 9.16. The first-order valence-electron chi connectivity index (χ1n) is 7.47. The summed E-state index contributed by atoms with van der Waals surface area (Å²) in [5.74, 6) is 0.249. The van der Waals surface area contributed by atoms with E-state index in [2.05, 4.69) is 17.5 Å². The lowest BCUT2D eigenvalue weighted by Crippen LogP contribution is -2.30. The van der Waals surface area contributed by atoms with E-state index in [0.717, 1.165) is 33.9 Å². The number of thiophene rings is 2. The number of carbonyl (C=O) groups excluding carboxylic acids is 1. The van der Waals surface area contributed by atoms with E-state index >= 15 is 0 Å². The summed E-state index contributed by atoms with van der Waals surface area (Å²) in [5, 5.41) is 15.3. The molecule has 0 aromatic carbocycles. The summed E-state index contributed by atoms with van der Waals surface area (Å²) in [6.45, 7) is 0.543. The van der Waals surface area contributed by atoms with Crippen molar-refractivity contribution >= 4 is 28.6 Å². The Morgan fingerprint density at radius 1 is 1.32 bits per heavy atom. The van der Waals surface area contributed by atoms with Crippen LogP contribution in [0.1, 0.15) is 40.0 Å². The number of aliphatic hydroxyl groups excluding tert-OH is 1. The number of carbonyl (C=O) groups is 1. The number of nitrogens with one attached hydrogen (secondary N) is 1. The standard InChI is InChI=1S/C17H19NO2S2/c19-16(14-7-4-10-21-14)15-9-8-13(22-15)11-18-17(20)12-5-2-1-3-6-12/h1-2,4,7-10,12,16,19H,3,5-6,11H2,(H,18,20)/t12-,16+/m1/s1. The number of amides is 1. The van der Waals surface area contributed by atoms with Crippen LogP contribution < -0.4 is 5.32 Å². The van der Waals surface area contributed by atoms with Gasteiger partial charge in [-0.05, 0) is 42.8 Å². The zero-order valence-electron chi connectivity index (χ0n) is 12.2. The van der Waals surface area contributed by atoms with Crippen LogP contribution in [0.2, 0.25) is 0 Å². The molecule has 2 N–H and O–H groups in total. The van der Waals surface area contributed by atoms with Crippen molar-refractivity contribution in [1.29, 1.82) is 0 Å². The van der Waals surface area contributed by atoms with Gasteiger partial charge in [0.15, 0.2) is 0 Å². The Morgan fingerprint density at radius 3 is 2.95 bits per heavy atom. The molecule has 3 rings (SSSR count). The number of aliphatic hydroxyl groups is 1. The highest BCUT2D eigenvalue weighted by Crippen LogP contribution is 2.31. The number of hydrogen-bond donors (Lipinski definition) is 2. The molecule has 0 saturated heterocycles. The molecular formula is C17H19NO2S2. The van der Waals surface area contributed by atoms with Crippen LogP contribution in [0.25, 0.3) is 0 Å². The van der Waals surface area contributed by atoms with E-state index in [4.69, 9.17) is 0 Å². The fraction of sp³-hybridized carbons (Fsp3) is 0.353. The minimum absolute atomic E-state index is 0.112. The van der Waals surface area contributed by atoms with E-state index in [9.17, 15) is 9.90 Å². The summed E-state index contributed by atoms with van der Waals surface area (Å²) in [6, 6.07) is 7.81. The molecule has 2 aromatic rings. The van der Waals surface area contributed by atoms with Crippen molar-refractivity contribution in [2.75, 3.05) is 0 Å². The molecule has 0 aliphatic heterocycles. The molecule has 0 bridgehead atoms. The van der Waals surface area contributed by atoms with Crippen molar-refractivity contribution in [2.24, 2.45) is 5.92 Å². The fourth-order valence-electron chi connectivity index (χ4n) is 2.57. The molecule has 2 aromatic heterocycles. The minimum Gasteiger partial charge on any atom is -0.382 e. The summed E-state index contributed by atoms with van der Waals surface area (Å²) >= 11 is 3.11. The Balaban J connectivity index is 1.55. The van der Waals surface area contributed by atoms with Crippen molar-refractivity contribution in [3.63, 3.8) is 0 Å². The van der Waals surface area contributed by atoms with Crippen molar-refractivity contribution < 1.29 is 9.90 Å². The van der Waals surface area contributed by atoms with Crippen molar-refractivity contribution in [3.05, 3.63) is 56.4 Å². The fourth-order valence-corrected chi connectivity index (χ4v) is 4.33. The largest absolute Gasteiger partial charge is 0.382 e. The van der Waals surface area contributed by atoms with Gasteiger partial charge in [0.1, 0.15) is 6.10 Å². The third-order valence-corrected chi connectivity index (χ3v) is 5.90. The van der Waals surface area contributed by atoms with Gasteiger partial charge < -0.3 is 10.4 Å². The lowest BCUT2D eigenvalue weighted by Gasteiger charge is -2.16. The second kappa shape index (κ2) is 7.22. The highest BCUT2D eigenvalue weighted by Gasteiger charge is 2.19. The van der Waals surface area contributed by atoms with E-state index in [0.29, 0.717) is 6.54 Å². The smallest absolute Gasteiger partial charge is 0.223 e. The zero-order chi connectivity index (χ0) is 15.4. The van der Waals surface area contributed by atoms with Crippen LogP contribution in [-0.4, -0.2) is 11.0 Å². The third-order valence-electron chi connectivity index (χ3n) is 3.84. The van der Waals surface area contributed by atoms with Crippen LogP contribution in [0, 0.1) is 5.92 Å². The maximum Gasteiger partial charge on any atom is 0.223 e. The summed E-state index contributed by atoms with van der Waals surface area (Å²) in [4.78, 5) is 15.1. The first-order chi connectivity index (χ1) is 10.7. The molecule has 0 radical (unpaired) electrons. The normalized spacial score (nSPS) is 19.0. The maximum atomic E-state index is 12.1. The second-order valence-corrected chi connectivity index (χ2v) is 7.60. The Hall–Kier alpha value is -1.43. The molecule has 116 valence electrons. The zero-order valence-corrected chi connectivity index (χ0v) is 13.8. The van der Waals surface area contributed by atoms with Crippen LogP contribution in [0.15, 0.2) is 41.8 Å². The average Bonchev–Trinajstić information content (AvgIpc) is 3.24. The Kier molecular flexibility index (Phi) is 5.08. The molecule has 0 saturated carbocycles. The third kappa shape index (κ3) is 3.66. The van der Waals surface area contributed by atoms with Crippen molar-refractivity contribution in [3.8, 4) is 0 Å². The van der Waals surface area contributed by atoms with E-state index in [1.807, 2.05) is 29.6 Å². The van der Waals surface area contributed by atoms with Gasteiger partial charge >= 0.3 is 0 Å². The molecule has 5 heteroatoms. The van der Waals surface area contributed by atoms with Crippen LogP contribution in [-0.2, 0) is 11.3 Å². The van der Waals surface area contributed by atoms with Crippen molar-refractivity contribution in [1.82, 2.24) is 5.32 Å². The van der Waals surface area contributed by atoms with E-state index in [-0.39, 0.29) is 11.8 Å². The van der Waals surface area contributed by atoms with Gasteiger partial charge in [-0.25, -0.2) is 0 Å². The van der Waals surface area contributed by atoms with E-state index < -0.39 is 6.10 Å². The van der Waals surface area contributed by atoms with Gasteiger partial charge in [-0.15, -0.1) is 22.7 Å². The summed E-state index contributed by atoms with van der Waals surface area (Å²) in [7, 11) is 0. The van der Waals surface area contributed by atoms with E-state index in [1.165, 1.54) is 0 Å². The predicted octanol–water partition coefficient (Wildman–Crippen LogP) is 3.86. The van der Waals surface area contributed by atoms with Crippen molar-refractivity contribution in [2.45, 2.75) is 31.9 Å². The number of rotatable bonds is 5. The van der Waals surface area contributed by atoms with Gasteiger partial charge in [-0.1, -0.05) is 18.2 Å². The lowest BCUT2D eigenvalue weighted by atomic mass is 9.94. The molecule has 0 unspecified atom stereocenters. The summed E-state index contributed by atoms with van der Waals surface area (Å²) < 4.78 is 0. The minimum atomic E-state index is -0.557. The molecule has 1 aliphatic rings. The molecule has 22 heavy (non-hydrogen) atoms. The van der Waals surface area contributed by atoms with Gasteiger partial charge in [0.25, 0.3) is 0 Å². The molecule has 0 spiro atoms. The molecular weight excluding hydrogens is 314 g/mol. The highest BCUT2D eigenvalue weighted by molar-refractivity contribution is 7.12. The van der Waals surface area contributed by atoms with Gasteiger partial charge in [0, 0.05) is 20.5 Å². The highest BCUT2D eigenvalue weighted by atomic mass is 32.1. The summed E-state index contributed by atoms with van der Waals surface area (Å²) in [6.07, 6.45) is 6.45. The second-order valence-electron chi connectivity index (χ2n) is 5.42. The molecule has 2 heterocycles. The van der Waals surface area contributed by atoms with Crippen LogP contribution in [0.3, 0.4) is 0 Å². The van der Waals surface area contributed by atoms with Crippen LogP contribution in [0.5, 0.6) is 0 Å². The SMILES string of the molecule is O=C(NCc1ccc([C@@H](O)c2cccs2)s1)[C@@H]1CC=CCC1. The number of hydrogen-bond acceptors (Lipinski definition) is 4. The molecule has 3 nitrogen and oxygen atoms in total. The average molecular weight is 333 g/mol. The quantitative estimate of drug-likeness (QED) is 0.816. The monoisotopic (exact) mass is 333 g/mol. The van der Waals surface area contributed by atoms with Gasteiger partial charge in [-0.3, -0.25) is 4.79 Å². The maximum absolute atomic E-state index is 12.1. The van der Waals surface area contributed by atoms with Crippen LogP contribution in [0.4, 0.5) is 0 Å². The topological polar surface area (TPSA) is 49.3 Å². The number of allylic oxidation sites excluding steroid dienone is 2. The Morgan fingerprint density at radius 2 is 2.23 bits per heavy atom. The molecule has 1 amide bonds. The Labute approximate surface area is 138 Å². The molecule has 0 fully saturated rings. The molecule has 1 aliphatic carbocycles. The van der Waals surface area contributed by atoms with Gasteiger partial charge in [0.05, 0.1) is 6.54 Å². The predicted molar refractivity (Wildman–Crippen MR) is 91.0 cm³/mol. The van der Waals surface area contributed by atoms with E-state index in [1.54, 1.807) is 22.7 Å². The Bertz CT molecular complexity index is 645. The lowest BCUT2D eigenvalue weighted by molar-refractivity contribution is -0.125. The van der Waals surface area contributed by atoms with Crippen LogP contribution >= 0.6 is 22.7 Å².